The van der Waals surface area contributed by atoms with E-state index in [1.807, 2.05) is 11.5 Å². The summed E-state index contributed by atoms with van der Waals surface area (Å²) in [6, 6.07) is 4.65. The molecule has 1 aromatic heterocycles. The number of nitrogens with zero attached hydrogens (tertiary/aromatic N) is 4. The van der Waals surface area contributed by atoms with Crippen LogP contribution in [0, 0.1) is 18.7 Å². The van der Waals surface area contributed by atoms with Gasteiger partial charge in [0.15, 0.2) is 5.82 Å². The highest BCUT2D eigenvalue weighted by Crippen LogP contribution is 2.26. The summed E-state index contributed by atoms with van der Waals surface area (Å²) in [6.07, 6.45) is 1.72. The second-order valence-electron chi connectivity index (χ2n) is 6.09. The SMILES string of the molecule is CCn1cnnc1CNC(=O)[C@H]1CC(=O)N(c2ccc(C)c(F)c2)C1. The van der Waals surface area contributed by atoms with Crippen LogP contribution in [-0.2, 0) is 22.7 Å². The number of halogens is 1. The highest BCUT2D eigenvalue weighted by molar-refractivity contribution is 6.00. The number of carbonyl (C=O) groups is 2. The van der Waals surface area contributed by atoms with Crippen LogP contribution in [0.4, 0.5) is 10.1 Å². The van der Waals surface area contributed by atoms with Gasteiger partial charge in [0, 0.05) is 25.2 Å². The van der Waals surface area contributed by atoms with Gasteiger partial charge in [-0.15, -0.1) is 10.2 Å². The fourth-order valence-electron chi connectivity index (χ4n) is 2.87. The average Bonchev–Trinajstić information content (AvgIpc) is 3.21. The number of benzene rings is 1. The topological polar surface area (TPSA) is 80.1 Å². The van der Waals surface area contributed by atoms with E-state index in [4.69, 9.17) is 0 Å². The van der Waals surface area contributed by atoms with Crippen LogP contribution in [-0.4, -0.2) is 33.1 Å². The number of aryl methyl sites for hydroxylation is 2. The van der Waals surface area contributed by atoms with Gasteiger partial charge in [0.05, 0.1) is 12.5 Å². The Balaban J connectivity index is 1.63. The lowest BCUT2D eigenvalue weighted by molar-refractivity contribution is -0.126. The molecule has 0 saturated carbocycles. The molecule has 0 radical (unpaired) electrons. The van der Waals surface area contributed by atoms with Gasteiger partial charge in [-0.2, -0.15) is 0 Å². The molecule has 1 atom stereocenters. The first-order valence-electron chi connectivity index (χ1n) is 8.20. The summed E-state index contributed by atoms with van der Waals surface area (Å²) in [5, 5.41) is 10.6. The molecule has 1 saturated heterocycles. The lowest BCUT2D eigenvalue weighted by Gasteiger charge is -2.17. The van der Waals surface area contributed by atoms with Crippen LogP contribution in [0.1, 0.15) is 24.7 Å². The van der Waals surface area contributed by atoms with Gasteiger partial charge in [-0.05, 0) is 31.5 Å². The van der Waals surface area contributed by atoms with Crippen LogP contribution < -0.4 is 10.2 Å². The van der Waals surface area contributed by atoms with E-state index in [0.717, 1.165) is 0 Å². The molecular formula is C17H20FN5O2. The minimum Gasteiger partial charge on any atom is -0.348 e. The molecular weight excluding hydrogens is 325 g/mol. The Kier molecular flexibility index (Phi) is 4.78. The second kappa shape index (κ2) is 7.00. The smallest absolute Gasteiger partial charge is 0.227 e. The van der Waals surface area contributed by atoms with Crippen molar-refractivity contribution in [3.05, 3.63) is 41.7 Å². The quantitative estimate of drug-likeness (QED) is 0.889. The number of amides is 2. The number of rotatable bonds is 5. The maximum atomic E-state index is 13.7. The molecule has 2 aromatic rings. The zero-order valence-electron chi connectivity index (χ0n) is 14.2. The second-order valence-corrected chi connectivity index (χ2v) is 6.09. The van der Waals surface area contributed by atoms with Crippen molar-refractivity contribution in [2.45, 2.75) is 33.4 Å². The number of nitrogens with one attached hydrogen (secondary N) is 1. The number of hydrogen-bond acceptors (Lipinski definition) is 4. The van der Waals surface area contributed by atoms with Crippen LogP contribution in [0.3, 0.4) is 0 Å². The van der Waals surface area contributed by atoms with Gasteiger partial charge in [0.25, 0.3) is 0 Å². The van der Waals surface area contributed by atoms with E-state index < -0.39 is 5.92 Å². The van der Waals surface area contributed by atoms with E-state index in [0.29, 0.717) is 23.6 Å². The van der Waals surface area contributed by atoms with Crippen LogP contribution in [0.5, 0.6) is 0 Å². The molecule has 2 amide bonds. The van der Waals surface area contributed by atoms with Crippen molar-refractivity contribution in [2.75, 3.05) is 11.4 Å². The Morgan fingerprint density at radius 2 is 2.24 bits per heavy atom. The maximum absolute atomic E-state index is 13.7. The zero-order valence-corrected chi connectivity index (χ0v) is 14.2. The van der Waals surface area contributed by atoms with Crippen molar-refractivity contribution in [1.82, 2.24) is 20.1 Å². The Labute approximate surface area is 144 Å². The van der Waals surface area contributed by atoms with Crippen molar-refractivity contribution < 1.29 is 14.0 Å². The van der Waals surface area contributed by atoms with Crippen LogP contribution in [0.15, 0.2) is 24.5 Å². The van der Waals surface area contributed by atoms with Gasteiger partial charge in [-0.1, -0.05) is 6.07 Å². The number of carbonyl (C=O) groups excluding carboxylic acids is 2. The third-order valence-corrected chi connectivity index (χ3v) is 4.42. The predicted molar refractivity (Wildman–Crippen MR) is 89.1 cm³/mol. The lowest BCUT2D eigenvalue weighted by Crippen LogP contribution is -2.33. The van der Waals surface area contributed by atoms with Crippen molar-refractivity contribution in [1.29, 1.82) is 0 Å². The van der Waals surface area contributed by atoms with Gasteiger partial charge in [0.1, 0.15) is 12.1 Å². The summed E-state index contributed by atoms with van der Waals surface area (Å²) in [6.45, 7) is 4.84. The predicted octanol–water partition coefficient (Wildman–Crippen LogP) is 1.41. The van der Waals surface area contributed by atoms with E-state index in [1.165, 1.54) is 11.0 Å². The Bertz CT molecular complexity index is 804. The molecule has 0 unspecified atom stereocenters. The number of anilines is 1. The zero-order chi connectivity index (χ0) is 18.0. The van der Waals surface area contributed by atoms with Gasteiger partial charge < -0.3 is 14.8 Å². The summed E-state index contributed by atoms with van der Waals surface area (Å²) in [4.78, 5) is 26.0. The van der Waals surface area contributed by atoms with Gasteiger partial charge >= 0.3 is 0 Å². The minimum atomic E-state index is -0.463. The molecule has 1 fully saturated rings. The molecule has 0 bridgehead atoms. The summed E-state index contributed by atoms with van der Waals surface area (Å²) in [5.41, 5.74) is 0.999. The fourth-order valence-corrected chi connectivity index (χ4v) is 2.87. The summed E-state index contributed by atoms with van der Waals surface area (Å²) < 4.78 is 15.6. The molecule has 0 spiro atoms. The van der Waals surface area contributed by atoms with E-state index in [2.05, 4.69) is 15.5 Å². The van der Waals surface area contributed by atoms with Crippen molar-refractivity contribution in [3.8, 4) is 0 Å². The molecule has 1 aromatic carbocycles. The lowest BCUT2D eigenvalue weighted by atomic mass is 10.1. The molecule has 25 heavy (non-hydrogen) atoms. The summed E-state index contributed by atoms with van der Waals surface area (Å²) in [5.74, 6) is -0.557. The Hall–Kier alpha value is -2.77. The Morgan fingerprint density at radius 1 is 1.44 bits per heavy atom. The van der Waals surface area contributed by atoms with Crippen molar-refractivity contribution in [2.24, 2.45) is 5.92 Å². The highest BCUT2D eigenvalue weighted by atomic mass is 19.1. The highest BCUT2D eigenvalue weighted by Gasteiger charge is 2.35. The van der Waals surface area contributed by atoms with Gasteiger partial charge in [-0.3, -0.25) is 9.59 Å². The largest absolute Gasteiger partial charge is 0.348 e. The molecule has 2 heterocycles. The first kappa shape index (κ1) is 17.1. The first-order valence-corrected chi connectivity index (χ1v) is 8.20. The molecule has 1 N–H and O–H groups in total. The monoisotopic (exact) mass is 345 g/mol. The van der Waals surface area contributed by atoms with E-state index in [-0.39, 0.29) is 37.1 Å². The van der Waals surface area contributed by atoms with E-state index in [1.54, 1.807) is 25.4 Å². The van der Waals surface area contributed by atoms with Crippen LogP contribution in [0.2, 0.25) is 0 Å². The minimum absolute atomic E-state index is 0.113. The van der Waals surface area contributed by atoms with Gasteiger partial charge in [0.2, 0.25) is 11.8 Å². The van der Waals surface area contributed by atoms with Crippen LogP contribution >= 0.6 is 0 Å². The fraction of sp³-hybridized carbons (Fsp3) is 0.412. The Morgan fingerprint density at radius 3 is 2.96 bits per heavy atom. The van der Waals surface area contributed by atoms with Crippen LogP contribution in [0.25, 0.3) is 0 Å². The average molecular weight is 345 g/mol. The van der Waals surface area contributed by atoms with Crippen molar-refractivity contribution >= 4 is 17.5 Å². The first-order chi connectivity index (χ1) is 12.0. The molecule has 3 rings (SSSR count). The summed E-state index contributed by atoms with van der Waals surface area (Å²) in [7, 11) is 0. The molecule has 0 aliphatic carbocycles. The summed E-state index contributed by atoms with van der Waals surface area (Å²) >= 11 is 0. The third-order valence-electron chi connectivity index (χ3n) is 4.42. The molecule has 8 heteroatoms. The molecule has 1 aliphatic rings. The number of aromatic nitrogens is 3. The molecule has 7 nitrogen and oxygen atoms in total. The van der Waals surface area contributed by atoms with E-state index in [9.17, 15) is 14.0 Å². The number of hydrogen-bond donors (Lipinski definition) is 1. The molecule has 132 valence electrons. The molecule has 1 aliphatic heterocycles. The normalized spacial score (nSPS) is 17.2. The van der Waals surface area contributed by atoms with Crippen molar-refractivity contribution in [3.63, 3.8) is 0 Å². The third kappa shape index (κ3) is 3.52. The maximum Gasteiger partial charge on any atom is 0.227 e. The standard InChI is InChI=1S/C17H20FN5O2/c1-3-22-10-20-21-15(22)8-19-17(25)12-6-16(24)23(9-12)13-5-4-11(2)14(18)7-13/h4-5,7,10,12H,3,6,8-9H2,1-2H3,(H,19,25)/t12-/m0/s1. The van der Waals surface area contributed by atoms with Gasteiger partial charge in [-0.25, -0.2) is 4.39 Å². The van der Waals surface area contributed by atoms with E-state index >= 15 is 0 Å².